The third kappa shape index (κ3) is 1.92. The Balaban J connectivity index is 2.40. The van der Waals surface area contributed by atoms with Crippen molar-refractivity contribution in [2.45, 2.75) is 19.5 Å². The first kappa shape index (κ1) is 12.1. The van der Waals surface area contributed by atoms with Gasteiger partial charge in [0.15, 0.2) is 5.82 Å². The fraction of sp³-hybridized carbons (Fsp3) is 0.300. The Bertz CT molecular complexity index is 532. The molecule has 2 rings (SSSR count). The molecular formula is C10H11FN4O3. The number of urea groups is 1. The van der Waals surface area contributed by atoms with Crippen LogP contribution in [0.25, 0.3) is 0 Å². The van der Waals surface area contributed by atoms with Crippen LogP contribution < -0.4 is 15.8 Å². The molecule has 1 aromatic rings. The van der Waals surface area contributed by atoms with E-state index < -0.39 is 22.4 Å². The van der Waals surface area contributed by atoms with E-state index in [4.69, 9.17) is 0 Å². The van der Waals surface area contributed by atoms with Crippen molar-refractivity contribution in [2.24, 2.45) is 0 Å². The highest BCUT2D eigenvalue weighted by molar-refractivity contribution is 5.81. The zero-order valence-electron chi connectivity index (χ0n) is 9.73. The number of amides is 2. The van der Waals surface area contributed by atoms with E-state index in [9.17, 15) is 19.3 Å². The lowest BCUT2D eigenvalue weighted by atomic mass is 10.2. The number of hydrazine groups is 1. The first-order chi connectivity index (χ1) is 8.31. The molecule has 1 aliphatic heterocycles. The summed E-state index contributed by atoms with van der Waals surface area (Å²) < 4.78 is 13.8. The molecule has 0 aliphatic carbocycles. The van der Waals surface area contributed by atoms with Gasteiger partial charge in [-0.3, -0.25) is 15.1 Å². The molecule has 0 aromatic heterocycles. The quantitative estimate of drug-likeness (QED) is 0.618. The normalized spacial score (nSPS) is 17.3. The molecule has 1 aromatic carbocycles. The molecule has 0 radical (unpaired) electrons. The van der Waals surface area contributed by atoms with Crippen LogP contribution >= 0.6 is 0 Å². The fourth-order valence-electron chi connectivity index (χ4n) is 1.76. The smallest absolute Gasteiger partial charge is 0.313 e. The summed E-state index contributed by atoms with van der Waals surface area (Å²) in [5.41, 5.74) is 1.32. The van der Waals surface area contributed by atoms with E-state index in [0.29, 0.717) is 0 Å². The summed E-state index contributed by atoms with van der Waals surface area (Å²) in [7, 11) is 0. The predicted molar refractivity (Wildman–Crippen MR) is 61.3 cm³/mol. The van der Waals surface area contributed by atoms with Crippen LogP contribution in [0.1, 0.15) is 13.8 Å². The Hall–Kier alpha value is -2.38. The van der Waals surface area contributed by atoms with Crippen LogP contribution in [0.15, 0.2) is 18.2 Å². The van der Waals surface area contributed by atoms with Gasteiger partial charge in [0.2, 0.25) is 0 Å². The molecule has 96 valence electrons. The van der Waals surface area contributed by atoms with Crippen molar-refractivity contribution in [3.63, 3.8) is 0 Å². The summed E-state index contributed by atoms with van der Waals surface area (Å²) in [6.07, 6.45) is 0. The minimum absolute atomic E-state index is 0.0592. The molecule has 1 aliphatic rings. The lowest BCUT2D eigenvalue weighted by Crippen LogP contribution is -2.49. The van der Waals surface area contributed by atoms with Crippen LogP contribution in [0, 0.1) is 15.9 Å². The van der Waals surface area contributed by atoms with Gasteiger partial charge >= 0.3 is 6.03 Å². The number of carbonyl (C=O) groups excluding carboxylic acids is 1. The molecule has 2 N–H and O–H groups in total. The van der Waals surface area contributed by atoms with Crippen molar-refractivity contribution in [1.29, 1.82) is 0 Å². The molecule has 8 heteroatoms. The Morgan fingerprint density at radius 2 is 2.11 bits per heavy atom. The molecular weight excluding hydrogens is 243 g/mol. The van der Waals surface area contributed by atoms with E-state index in [0.717, 1.165) is 6.07 Å². The van der Waals surface area contributed by atoms with E-state index in [1.165, 1.54) is 17.1 Å². The van der Waals surface area contributed by atoms with Gasteiger partial charge in [0, 0.05) is 6.07 Å². The number of carbonyl (C=O) groups is 1. The highest BCUT2D eigenvalue weighted by Crippen LogP contribution is 2.28. The monoisotopic (exact) mass is 254 g/mol. The van der Waals surface area contributed by atoms with Gasteiger partial charge in [-0.2, -0.15) is 0 Å². The molecule has 7 nitrogen and oxygen atoms in total. The summed E-state index contributed by atoms with van der Waals surface area (Å²) in [4.78, 5) is 21.1. The zero-order valence-corrected chi connectivity index (χ0v) is 9.73. The first-order valence-corrected chi connectivity index (χ1v) is 5.14. The predicted octanol–water partition coefficient (Wildman–Crippen LogP) is 1.50. The lowest BCUT2D eigenvalue weighted by Gasteiger charge is -2.30. The van der Waals surface area contributed by atoms with Crippen molar-refractivity contribution >= 4 is 17.4 Å². The highest BCUT2D eigenvalue weighted by atomic mass is 19.1. The van der Waals surface area contributed by atoms with Crippen molar-refractivity contribution < 1.29 is 14.1 Å². The van der Waals surface area contributed by atoms with Crippen LogP contribution in [-0.2, 0) is 0 Å². The highest BCUT2D eigenvalue weighted by Gasteiger charge is 2.38. The van der Waals surface area contributed by atoms with E-state index in [1.807, 2.05) is 0 Å². The summed E-state index contributed by atoms with van der Waals surface area (Å²) in [5, 5.41) is 14.4. The maximum atomic E-state index is 13.8. The SMILES string of the molecule is CC1(C)NC(=O)NN1c1ccc([N+](=O)[O-])cc1F. The van der Waals surface area contributed by atoms with E-state index in [1.54, 1.807) is 13.8 Å². The van der Waals surface area contributed by atoms with Gasteiger partial charge in [-0.1, -0.05) is 0 Å². The summed E-state index contributed by atoms with van der Waals surface area (Å²) in [6.45, 7) is 3.34. The van der Waals surface area contributed by atoms with Crippen molar-refractivity contribution in [2.75, 3.05) is 5.01 Å². The Kier molecular flexibility index (Phi) is 2.57. The first-order valence-electron chi connectivity index (χ1n) is 5.14. The average Bonchev–Trinajstić information content (AvgIpc) is 2.51. The van der Waals surface area contributed by atoms with E-state index in [-0.39, 0.29) is 11.4 Å². The van der Waals surface area contributed by atoms with Gasteiger partial charge in [0.1, 0.15) is 5.66 Å². The second-order valence-corrected chi connectivity index (χ2v) is 4.35. The zero-order chi connectivity index (χ0) is 13.5. The van der Waals surface area contributed by atoms with Gasteiger partial charge in [-0.05, 0) is 19.9 Å². The molecule has 1 fully saturated rings. The molecule has 0 bridgehead atoms. The molecule has 18 heavy (non-hydrogen) atoms. The topological polar surface area (TPSA) is 87.5 Å². The Labute approximate surface area is 102 Å². The van der Waals surface area contributed by atoms with E-state index >= 15 is 0 Å². The summed E-state index contributed by atoms with van der Waals surface area (Å²) in [5.74, 6) is -0.777. The largest absolute Gasteiger partial charge is 0.335 e. The number of nitrogens with zero attached hydrogens (tertiary/aromatic N) is 2. The molecule has 1 saturated heterocycles. The number of rotatable bonds is 2. The number of nitrogens with one attached hydrogen (secondary N) is 2. The number of hydrogen-bond donors (Lipinski definition) is 2. The molecule has 0 atom stereocenters. The Morgan fingerprint density at radius 1 is 1.44 bits per heavy atom. The molecule has 0 saturated carbocycles. The van der Waals surface area contributed by atoms with E-state index in [2.05, 4.69) is 10.7 Å². The average molecular weight is 254 g/mol. The van der Waals surface area contributed by atoms with Gasteiger partial charge in [-0.15, -0.1) is 0 Å². The summed E-state index contributed by atoms with van der Waals surface area (Å²) in [6, 6.07) is 2.79. The third-order valence-corrected chi connectivity index (χ3v) is 2.57. The molecule has 2 amide bonds. The maximum absolute atomic E-state index is 13.8. The molecule has 0 spiro atoms. The van der Waals surface area contributed by atoms with Gasteiger partial charge in [0.05, 0.1) is 16.7 Å². The minimum atomic E-state index is -0.825. The third-order valence-electron chi connectivity index (χ3n) is 2.57. The summed E-state index contributed by atoms with van der Waals surface area (Å²) >= 11 is 0. The van der Waals surface area contributed by atoms with Crippen molar-refractivity contribution in [3.05, 3.63) is 34.1 Å². The van der Waals surface area contributed by atoms with Crippen LogP contribution in [0.3, 0.4) is 0 Å². The van der Waals surface area contributed by atoms with Crippen LogP contribution in [0.5, 0.6) is 0 Å². The standard InChI is InChI=1S/C10H11FN4O3/c1-10(2)12-9(16)13-14(10)8-4-3-6(15(17)18)5-7(8)11/h3-5H,1-2H3,(H2,12,13,16). The molecule has 0 unspecified atom stereocenters. The second-order valence-electron chi connectivity index (χ2n) is 4.35. The van der Waals surface area contributed by atoms with Crippen LogP contribution in [0.2, 0.25) is 0 Å². The maximum Gasteiger partial charge on any atom is 0.335 e. The number of hydrogen-bond acceptors (Lipinski definition) is 4. The van der Waals surface area contributed by atoms with Gasteiger partial charge < -0.3 is 5.32 Å². The van der Waals surface area contributed by atoms with Crippen LogP contribution in [-0.4, -0.2) is 16.6 Å². The van der Waals surface area contributed by atoms with Crippen LogP contribution in [0.4, 0.5) is 20.6 Å². The van der Waals surface area contributed by atoms with Crippen molar-refractivity contribution in [1.82, 2.24) is 10.7 Å². The number of anilines is 1. The Morgan fingerprint density at radius 3 is 2.56 bits per heavy atom. The number of nitro groups is 1. The number of halogens is 1. The lowest BCUT2D eigenvalue weighted by molar-refractivity contribution is -0.385. The van der Waals surface area contributed by atoms with Gasteiger partial charge in [0.25, 0.3) is 5.69 Å². The minimum Gasteiger partial charge on any atom is -0.313 e. The second kappa shape index (κ2) is 3.83. The number of non-ortho nitro benzene ring substituents is 1. The van der Waals surface area contributed by atoms with Gasteiger partial charge in [-0.25, -0.2) is 14.6 Å². The number of nitro benzene ring substituents is 1. The fourth-order valence-corrected chi connectivity index (χ4v) is 1.76. The number of benzene rings is 1. The van der Waals surface area contributed by atoms with Crippen molar-refractivity contribution in [3.8, 4) is 0 Å². The molecule has 1 heterocycles.